The molecular formula is C13H20N4O4. The molecular weight excluding hydrogens is 276 g/mol. The molecule has 8 nitrogen and oxygen atoms in total. The van der Waals surface area contributed by atoms with E-state index >= 15 is 0 Å². The Morgan fingerprint density at radius 3 is 2.76 bits per heavy atom. The van der Waals surface area contributed by atoms with Gasteiger partial charge in [0, 0.05) is 20.5 Å². The number of rotatable bonds is 2. The lowest BCUT2D eigenvalue weighted by molar-refractivity contribution is -0.0206. The fourth-order valence-electron chi connectivity index (χ4n) is 3.01. The van der Waals surface area contributed by atoms with E-state index in [1.165, 1.54) is 14.1 Å². The lowest BCUT2D eigenvalue weighted by Crippen LogP contribution is -2.42. The van der Waals surface area contributed by atoms with Gasteiger partial charge in [0.15, 0.2) is 0 Å². The minimum atomic E-state index is -0.510. The number of hydrogen-bond donors (Lipinski definition) is 1. The molecule has 1 aromatic heterocycles. The first-order valence-corrected chi connectivity index (χ1v) is 7.16. The van der Waals surface area contributed by atoms with Crippen molar-refractivity contribution < 1.29 is 9.47 Å². The number of nitrogens with zero attached hydrogens (tertiary/aromatic N) is 3. The number of ether oxygens (including phenoxy) is 2. The van der Waals surface area contributed by atoms with Crippen molar-refractivity contribution >= 4 is 0 Å². The number of hydrogen-bond acceptors (Lipinski definition) is 6. The highest BCUT2D eigenvalue weighted by Gasteiger charge is 2.42. The van der Waals surface area contributed by atoms with Crippen LogP contribution in [0.5, 0.6) is 5.88 Å². The summed E-state index contributed by atoms with van der Waals surface area (Å²) in [7, 11) is 2.91. The molecule has 0 aromatic carbocycles. The number of aryl methyl sites for hydroxylation is 1. The Balaban J connectivity index is 1.77. The Morgan fingerprint density at radius 2 is 2.05 bits per heavy atom. The van der Waals surface area contributed by atoms with E-state index in [9.17, 15) is 9.59 Å². The molecule has 1 unspecified atom stereocenters. The average Bonchev–Trinajstić information content (AvgIpc) is 2.86. The van der Waals surface area contributed by atoms with Crippen LogP contribution in [0.15, 0.2) is 9.59 Å². The number of piperidine rings is 1. The molecule has 8 heteroatoms. The van der Waals surface area contributed by atoms with Crippen molar-refractivity contribution in [3.63, 3.8) is 0 Å². The predicted octanol–water partition coefficient (Wildman–Crippen LogP) is -1.23. The smallest absolute Gasteiger partial charge is 0.347 e. The van der Waals surface area contributed by atoms with E-state index in [2.05, 4.69) is 10.4 Å². The normalized spacial score (nSPS) is 24.4. The lowest BCUT2D eigenvalue weighted by atomic mass is 9.89. The molecule has 3 rings (SSSR count). The van der Waals surface area contributed by atoms with Crippen molar-refractivity contribution in [3.8, 4) is 5.88 Å². The molecule has 2 saturated heterocycles. The molecule has 1 N–H and O–H groups in total. The van der Waals surface area contributed by atoms with Crippen LogP contribution in [0.3, 0.4) is 0 Å². The molecule has 0 radical (unpaired) electrons. The molecule has 0 aliphatic carbocycles. The van der Waals surface area contributed by atoms with Crippen LogP contribution < -0.4 is 21.3 Å². The Bertz CT molecular complexity index is 645. The van der Waals surface area contributed by atoms with Crippen LogP contribution in [0, 0.1) is 0 Å². The minimum Gasteiger partial charge on any atom is -0.467 e. The molecule has 0 bridgehead atoms. The fourth-order valence-corrected chi connectivity index (χ4v) is 3.01. The minimum absolute atomic E-state index is 0.0424. The SMILES string of the molecule is Cn1nc(OC2COC3(CCNCC3)C2)c(=O)n(C)c1=O. The summed E-state index contributed by atoms with van der Waals surface area (Å²) in [5, 5.41) is 7.22. The summed E-state index contributed by atoms with van der Waals surface area (Å²) < 4.78 is 13.7. The van der Waals surface area contributed by atoms with Gasteiger partial charge >= 0.3 is 11.2 Å². The summed E-state index contributed by atoms with van der Waals surface area (Å²) in [6.45, 7) is 2.33. The summed E-state index contributed by atoms with van der Waals surface area (Å²) >= 11 is 0. The Hall–Kier alpha value is -1.67. The maximum absolute atomic E-state index is 12.0. The highest BCUT2D eigenvalue weighted by atomic mass is 16.6. The highest BCUT2D eigenvalue weighted by molar-refractivity contribution is 5.04. The average molecular weight is 296 g/mol. The molecule has 0 saturated carbocycles. The van der Waals surface area contributed by atoms with Crippen LogP contribution in [0.4, 0.5) is 0 Å². The van der Waals surface area contributed by atoms with Crippen molar-refractivity contribution in [2.75, 3.05) is 19.7 Å². The molecule has 1 spiro atoms. The third-order valence-electron chi connectivity index (χ3n) is 4.26. The molecule has 116 valence electrons. The predicted molar refractivity (Wildman–Crippen MR) is 74.5 cm³/mol. The first-order valence-electron chi connectivity index (χ1n) is 7.16. The second-order valence-electron chi connectivity index (χ2n) is 5.76. The molecule has 1 atom stereocenters. The maximum atomic E-state index is 12.0. The van der Waals surface area contributed by atoms with Crippen LogP contribution in [-0.4, -0.2) is 45.7 Å². The van der Waals surface area contributed by atoms with Gasteiger partial charge < -0.3 is 14.8 Å². The zero-order valence-electron chi connectivity index (χ0n) is 12.3. The molecule has 2 aliphatic rings. The topological polar surface area (TPSA) is 87.4 Å². The molecule has 2 fully saturated rings. The van der Waals surface area contributed by atoms with Gasteiger partial charge in [-0.25, -0.2) is 9.48 Å². The van der Waals surface area contributed by atoms with Gasteiger partial charge in [-0.3, -0.25) is 9.36 Å². The van der Waals surface area contributed by atoms with Gasteiger partial charge in [0.05, 0.1) is 12.2 Å². The van der Waals surface area contributed by atoms with Crippen LogP contribution >= 0.6 is 0 Å². The van der Waals surface area contributed by atoms with Crippen LogP contribution in [0.2, 0.25) is 0 Å². The van der Waals surface area contributed by atoms with Crippen LogP contribution in [0.1, 0.15) is 19.3 Å². The van der Waals surface area contributed by atoms with Gasteiger partial charge in [0.2, 0.25) is 0 Å². The van der Waals surface area contributed by atoms with E-state index < -0.39 is 11.2 Å². The van der Waals surface area contributed by atoms with E-state index in [-0.39, 0.29) is 17.6 Å². The monoisotopic (exact) mass is 296 g/mol. The first-order chi connectivity index (χ1) is 10.0. The molecule has 21 heavy (non-hydrogen) atoms. The van der Waals surface area contributed by atoms with E-state index in [1.54, 1.807) is 0 Å². The van der Waals surface area contributed by atoms with Gasteiger partial charge in [0.1, 0.15) is 6.10 Å². The quantitative estimate of drug-likeness (QED) is 0.735. The summed E-state index contributed by atoms with van der Waals surface area (Å²) in [6.07, 6.45) is 2.46. The second-order valence-corrected chi connectivity index (χ2v) is 5.76. The third kappa shape index (κ3) is 2.60. The molecule has 3 heterocycles. The zero-order valence-corrected chi connectivity index (χ0v) is 12.3. The van der Waals surface area contributed by atoms with E-state index in [0.29, 0.717) is 6.61 Å². The third-order valence-corrected chi connectivity index (χ3v) is 4.26. The number of aromatic nitrogens is 3. The first kappa shape index (κ1) is 14.3. The summed E-state index contributed by atoms with van der Waals surface area (Å²) in [6, 6.07) is 0. The standard InChI is InChI=1S/C13H20N4O4/c1-16-11(18)10(15-17(2)12(16)19)21-9-7-13(20-8-9)3-5-14-6-4-13/h9,14H,3-8H2,1-2H3. The summed E-state index contributed by atoms with van der Waals surface area (Å²) in [5.41, 5.74) is -1.11. The number of nitrogens with one attached hydrogen (secondary N) is 1. The van der Waals surface area contributed by atoms with Crippen LogP contribution in [-0.2, 0) is 18.8 Å². The van der Waals surface area contributed by atoms with E-state index in [4.69, 9.17) is 9.47 Å². The Kier molecular flexibility index (Phi) is 3.58. The van der Waals surface area contributed by atoms with Gasteiger partial charge in [0.25, 0.3) is 5.88 Å². The Morgan fingerprint density at radius 1 is 1.33 bits per heavy atom. The fraction of sp³-hybridized carbons (Fsp3) is 0.769. The van der Waals surface area contributed by atoms with E-state index in [1.807, 2.05) is 0 Å². The van der Waals surface area contributed by atoms with Gasteiger partial charge in [-0.15, -0.1) is 5.10 Å². The van der Waals surface area contributed by atoms with Crippen molar-refractivity contribution in [1.29, 1.82) is 0 Å². The highest BCUT2D eigenvalue weighted by Crippen LogP contribution is 2.34. The molecule has 1 aromatic rings. The largest absolute Gasteiger partial charge is 0.467 e. The summed E-state index contributed by atoms with van der Waals surface area (Å²) in [5.74, 6) is -0.0424. The lowest BCUT2D eigenvalue weighted by Gasteiger charge is -2.32. The van der Waals surface area contributed by atoms with Crippen LogP contribution in [0.25, 0.3) is 0 Å². The molecule has 2 aliphatic heterocycles. The van der Waals surface area contributed by atoms with Crippen molar-refractivity contribution in [2.45, 2.75) is 31.0 Å². The maximum Gasteiger partial charge on any atom is 0.347 e. The Labute approximate surface area is 121 Å². The van der Waals surface area contributed by atoms with Crippen molar-refractivity contribution in [1.82, 2.24) is 19.7 Å². The second kappa shape index (κ2) is 5.27. The van der Waals surface area contributed by atoms with Gasteiger partial charge in [-0.05, 0) is 25.9 Å². The van der Waals surface area contributed by atoms with Crippen molar-refractivity contribution in [2.24, 2.45) is 14.1 Å². The van der Waals surface area contributed by atoms with Gasteiger partial charge in [-0.2, -0.15) is 0 Å². The zero-order chi connectivity index (χ0) is 15.0. The molecule has 0 amide bonds. The summed E-state index contributed by atoms with van der Waals surface area (Å²) in [4.78, 5) is 23.6. The van der Waals surface area contributed by atoms with E-state index in [0.717, 1.165) is 41.6 Å². The van der Waals surface area contributed by atoms with Gasteiger partial charge in [-0.1, -0.05) is 0 Å². The van der Waals surface area contributed by atoms with Crippen molar-refractivity contribution in [3.05, 3.63) is 20.8 Å².